The summed E-state index contributed by atoms with van der Waals surface area (Å²) >= 11 is 1.60. The molecule has 0 atom stereocenters. The Morgan fingerprint density at radius 2 is 1.71 bits per heavy atom. The molecule has 0 aliphatic carbocycles. The normalized spacial score (nSPS) is 11.5. The average molecular weight is 333 g/mol. The van der Waals surface area contributed by atoms with E-state index in [1.54, 1.807) is 17.6 Å². The van der Waals surface area contributed by atoms with Crippen molar-refractivity contribution in [1.29, 1.82) is 0 Å². The fourth-order valence-corrected chi connectivity index (χ4v) is 3.49. The van der Waals surface area contributed by atoms with Crippen molar-refractivity contribution >= 4 is 45.3 Å². The molecular formula is C19H15N3OS. The molecule has 24 heavy (non-hydrogen) atoms. The molecule has 2 aromatic heterocycles. The number of carbonyl (C=O) groups excluding carboxylic acids is 1. The lowest BCUT2D eigenvalue weighted by molar-refractivity contribution is -0.121. The van der Waals surface area contributed by atoms with Gasteiger partial charge in [0.25, 0.3) is 5.91 Å². The van der Waals surface area contributed by atoms with E-state index in [0.717, 1.165) is 27.4 Å². The van der Waals surface area contributed by atoms with Crippen molar-refractivity contribution < 1.29 is 4.79 Å². The third-order valence-corrected chi connectivity index (χ3v) is 4.63. The molecular weight excluding hydrogens is 318 g/mol. The van der Waals surface area contributed by atoms with Crippen LogP contribution in [0.1, 0.15) is 5.56 Å². The number of benzene rings is 2. The number of thiophene rings is 1. The van der Waals surface area contributed by atoms with E-state index in [2.05, 4.69) is 22.7 Å². The zero-order valence-electron chi connectivity index (χ0n) is 12.8. The molecule has 0 unspecified atom stereocenters. The Kier molecular flexibility index (Phi) is 3.84. The van der Waals surface area contributed by atoms with Crippen molar-refractivity contribution in [3.63, 3.8) is 0 Å². The van der Waals surface area contributed by atoms with Gasteiger partial charge in [-0.2, -0.15) is 16.4 Å². The first kappa shape index (κ1) is 14.7. The molecule has 0 bridgehead atoms. The smallest absolute Gasteiger partial charge is 0.260 e. The second-order valence-electron chi connectivity index (χ2n) is 5.47. The fraction of sp³-hybridized carbons (Fsp3) is 0.0526. The summed E-state index contributed by atoms with van der Waals surface area (Å²) in [6.07, 6.45) is 1.65. The van der Waals surface area contributed by atoms with E-state index in [4.69, 9.17) is 0 Å². The number of hydrogen-bond acceptors (Lipinski definition) is 3. The van der Waals surface area contributed by atoms with E-state index in [1.165, 1.54) is 0 Å². The minimum Gasteiger partial charge on any atom is -0.331 e. The lowest BCUT2D eigenvalue weighted by Gasteiger charge is -2.06. The lowest BCUT2D eigenvalue weighted by Crippen LogP contribution is -2.23. The van der Waals surface area contributed by atoms with Gasteiger partial charge in [-0.05, 0) is 29.0 Å². The minimum absolute atomic E-state index is 0.145. The van der Waals surface area contributed by atoms with Crippen LogP contribution in [0.15, 0.2) is 70.5 Å². The molecule has 2 aromatic carbocycles. The van der Waals surface area contributed by atoms with Crippen molar-refractivity contribution in [2.75, 3.05) is 0 Å². The van der Waals surface area contributed by atoms with Crippen LogP contribution in [0.5, 0.6) is 0 Å². The van der Waals surface area contributed by atoms with Gasteiger partial charge in [0.15, 0.2) is 0 Å². The summed E-state index contributed by atoms with van der Waals surface area (Å²) in [6.45, 7) is 0.231. The molecule has 1 N–H and O–H groups in total. The largest absolute Gasteiger partial charge is 0.331 e. The number of hydrogen-bond donors (Lipinski definition) is 1. The number of nitrogens with zero attached hydrogens (tertiary/aromatic N) is 2. The molecule has 0 fully saturated rings. The second-order valence-corrected chi connectivity index (χ2v) is 6.25. The maximum atomic E-state index is 12.3. The third kappa shape index (κ3) is 2.70. The van der Waals surface area contributed by atoms with Gasteiger partial charge >= 0.3 is 0 Å². The molecule has 0 saturated carbocycles. The van der Waals surface area contributed by atoms with Crippen molar-refractivity contribution in [2.45, 2.75) is 6.54 Å². The molecule has 2 heterocycles. The summed E-state index contributed by atoms with van der Waals surface area (Å²) in [5.41, 5.74) is 5.69. The number of rotatable bonds is 4. The molecule has 118 valence electrons. The number of nitrogens with one attached hydrogen (secondary N) is 1. The van der Waals surface area contributed by atoms with Crippen LogP contribution in [0, 0.1) is 0 Å². The quantitative estimate of drug-likeness (QED) is 0.445. The molecule has 4 aromatic rings. The van der Waals surface area contributed by atoms with Crippen molar-refractivity contribution in [3.05, 3.63) is 70.9 Å². The van der Waals surface area contributed by atoms with Gasteiger partial charge in [0.05, 0.1) is 6.21 Å². The zero-order chi connectivity index (χ0) is 16.4. The summed E-state index contributed by atoms with van der Waals surface area (Å²) in [6, 6.07) is 18.2. The van der Waals surface area contributed by atoms with Gasteiger partial charge < -0.3 is 4.57 Å². The SMILES string of the molecule is O=C(Cn1c2ccccc2c2ccccc21)N/N=C/c1ccsc1. The lowest BCUT2D eigenvalue weighted by atomic mass is 10.2. The number of para-hydroxylation sites is 2. The standard InChI is InChI=1S/C19H15N3OS/c23-19(21-20-11-14-9-10-24-13-14)12-22-17-7-3-1-5-15(17)16-6-2-4-8-18(16)22/h1-11,13H,12H2,(H,21,23)/b20-11+. The second kappa shape index (κ2) is 6.29. The van der Waals surface area contributed by atoms with Crippen LogP contribution >= 0.6 is 11.3 Å². The van der Waals surface area contributed by atoms with Gasteiger partial charge in [-0.15, -0.1) is 0 Å². The average Bonchev–Trinajstić information content (AvgIpc) is 3.23. The van der Waals surface area contributed by atoms with E-state index in [-0.39, 0.29) is 12.5 Å². The van der Waals surface area contributed by atoms with Gasteiger partial charge in [-0.25, -0.2) is 5.43 Å². The number of aromatic nitrogens is 1. The van der Waals surface area contributed by atoms with Crippen LogP contribution in [0.2, 0.25) is 0 Å². The molecule has 0 aliphatic rings. The Bertz CT molecular complexity index is 978. The van der Waals surface area contributed by atoms with Gasteiger partial charge in [0.1, 0.15) is 6.54 Å². The van der Waals surface area contributed by atoms with Gasteiger partial charge in [-0.3, -0.25) is 4.79 Å². The van der Waals surface area contributed by atoms with Gasteiger partial charge in [0, 0.05) is 27.4 Å². The number of hydrazone groups is 1. The highest BCUT2D eigenvalue weighted by Crippen LogP contribution is 2.28. The van der Waals surface area contributed by atoms with Crippen molar-refractivity contribution in [3.8, 4) is 0 Å². The van der Waals surface area contributed by atoms with Crippen LogP contribution in [0.4, 0.5) is 0 Å². The van der Waals surface area contributed by atoms with E-state index in [1.807, 2.05) is 57.8 Å². The van der Waals surface area contributed by atoms with Crippen LogP contribution in [0.25, 0.3) is 21.8 Å². The number of carbonyl (C=O) groups is 1. The topological polar surface area (TPSA) is 46.4 Å². The predicted octanol–water partition coefficient (Wildman–Crippen LogP) is 4.01. The highest BCUT2D eigenvalue weighted by molar-refractivity contribution is 7.08. The number of amides is 1. The number of fused-ring (bicyclic) bond motifs is 3. The monoisotopic (exact) mass is 333 g/mol. The summed E-state index contributed by atoms with van der Waals surface area (Å²) in [7, 11) is 0. The van der Waals surface area contributed by atoms with E-state index in [9.17, 15) is 4.79 Å². The Hall–Kier alpha value is -2.92. The van der Waals surface area contributed by atoms with Crippen LogP contribution in [-0.2, 0) is 11.3 Å². The van der Waals surface area contributed by atoms with Crippen LogP contribution in [-0.4, -0.2) is 16.7 Å². The molecule has 0 spiro atoms. The molecule has 0 aliphatic heterocycles. The Balaban J connectivity index is 1.62. The Labute approximate surface area is 143 Å². The maximum absolute atomic E-state index is 12.3. The molecule has 5 heteroatoms. The van der Waals surface area contributed by atoms with Crippen molar-refractivity contribution in [2.24, 2.45) is 5.10 Å². The maximum Gasteiger partial charge on any atom is 0.260 e. The molecule has 1 amide bonds. The zero-order valence-corrected chi connectivity index (χ0v) is 13.7. The Morgan fingerprint density at radius 1 is 1.04 bits per heavy atom. The van der Waals surface area contributed by atoms with E-state index < -0.39 is 0 Å². The fourth-order valence-electron chi connectivity index (χ4n) is 2.88. The first-order valence-electron chi connectivity index (χ1n) is 7.63. The molecule has 0 radical (unpaired) electrons. The first-order chi connectivity index (χ1) is 11.8. The van der Waals surface area contributed by atoms with Crippen LogP contribution < -0.4 is 5.43 Å². The highest BCUT2D eigenvalue weighted by Gasteiger charge is 2.11. The van der Waals surface area contributed by atoms with Crippen LogP contribution in [0.3, 0.4) is 0 Å². The van der Waals surface area contributed by atoms with E-state index in [0.29, 0.717) is 0 Å². The molecule has 0 saturated heterocycles. The summed E-state index contributed by atoms with van der Waals surface area (Å²) in [5.74, 6) is -0.145. The van der Waals surface area contributed by atoms with Gasteiger partial charge in [0.2, 0.25) is 0 Å². The highest BCUT2D eigenvalue weighted by atomic mass is 32.1. The van der Waals surface area contributed by atoms with Crippen molar-refractivity contribution in [1.82, 2.24) is 9.99 Å². The first-order valence-corrected chi connectivity index (χ1v) is 8.57. The molecule has 4 rings (SSSR count). The third-order valence-electron chi connectivity index (χ3n) is 3.93. The summed E-state index contributed by atoms with van der Waals surface area (Å²) < 4.78 is 2.03. The summed E-state index contributed by atoms with van der Waals surface area (Å²) in [4.78, 5) is 12.3. The summed E-state index contributed by atoms with van der Waals surface area (Å²) in [5, 5.41) is 10.3. The van der Waals surface area contributed by atoms with E-state index >= 15 is 0 Å². The molecule has 4 nitrogen and oxygen atoms in total. The minimum atomic E-state index is -0.145. The predicted molar refractivity (Wildman–Crippen MR) is 99.5 cm³/mol. The Morgan fingerprint density at radius 3 is 2.33 bits per heavy atom. The van der Waals surface area contributed by atoms with Gasteiger partial charge in [-0.1, -0.05) is 36.4 Å².